The molecule has 0 unspecified atom stereocenters. The zero-order valence-corrected chi connectivity index (χ0v) is 10.3. The molecule has 18 heavy (non-hydrogen) atoms. The van der Waals surface area contributed by atoms with E-state index >= 15 is 0 Å². The van der Waals surface area contributed by atoms with Gasteiger partial charge in [-0.05, 0) is 19.4 Å². The Bertz CT molecular complexity index is 396. The quantitative estimate of drug-likeness (QED) is 0.776. The number of hydrogen-bond donors (Lipinski definition) is 0. The Morgan fingerprint density at radius 1 is 1.17 bits per heavy atom. The molecular formula is C13H15F3O2. The van der Waals surface area contributed by atoms with Crippen molar-refractivity contribution in [3.05, 3.63) is 35.9 Å². The van der Waals surface area contributed by atoms with Crippen molar-refractivity contribution >= 4 is 5.97 Å². The Kier molecular flexibility index (Phi) is 4.38. The lowest BCUT2D eigenvalue weighted by molar-refractivity contribution is -0.224. The van der Waals surface area contributed by atoms with Gasteiger partial charge in [-0.15, -0.1) is 0 Å². The molecule has 0 N–H and O–H groups in total. The molecule has 5 heteroatoms. The van der Waals surface area contributed by atoms with E-state index < -0.39 is 17.6 Å². The van der Waals surface area contributed by atoms with Gasteiger partial charge in [-0.1, -0.05) is 30.3 Å². The van der Waals surface area contributed by atoms with Crippen molar-refractivity contribution in [2.24, 2.45) is 5.41 Å². The van der Waals surface area contributed by atoms with Crippen molar-refractivity contribution in [1.29, 1.82) is 0 Å². The highest BCUT2D eigenvalue weighted by atomic mass is 19.4. The van der Waals surface area contributed by atoms with Gasteiger partial charge in [-0.25, -0.2) is 0 Å². The molecule has 0 atom stereocenters. The minimum atomic E-state index is -4.60. The summed E-state index contributed by atoms with van der Waals surface area (Å²) in [4.78, 5) is 11.4. The first-order valence-corrected chi connectivity index (χ1v) is 5.53. The van der Waals surface area contributed by atoms with Gasteiger partial charge in [0.05, 0.1) is 6.61 Å². The Hall–Kier alpha value is -1.52. The molecule has 0 fully saturated rings. The highest BCUT2D eigenvalue weighted by Crippen LogP contribution is 2.38. The summed E-state index contributed by atoms with van der Waals surface area (Å²) < 4.78 is 42.3. The summed E-state index contributed by atoms with van der Waals surface area (Å²) in [6, 6.07) is 9.11. The monoisotopic (exact) mass is 260 g/mol. The number of benzene rings is 1. The van der Waals surface area contributed by atoms with Crippen molar-refractivity contribution < 1.29 is 22.7 Å². The predicted octanol–water partition coefficient (Wildman–Crippen LogP) is 3.36. The van der Waals surface area contributed by atoms with Gasteiger partial charge in [-0.2, -0.15) is 13.2 Å². The third kappa shape index (κ3) is 3.48. The van der Waals surface area contributed by atoms with Crippen LogP contribution in [-0.4, -0.2) is 18.8 Å². The maximum atomic E-state index is 12.5. The van der Waals surface area contributed by atoms with Crippen LogP contribution in [0.25, 0.3) is 0 Å². The van der Waals surface area contributed by atoms with E-state index in [2.05, 4.69) is 4.74 Å². The molecule has 0 radical (unpaired) electrons. The van der Waals surface area contributed by atoms with Crippen LogP contribution in [0.1, 0.15) is 19.4 Å². The first kappa shape index (κ1) is 14.5. The SMILES string of the molecule is CC(C)(C(=O)OCCc1ccccc1)C(F)(F)F. The number of ether oxygens (including phenoxy) is 1. The van der Waals surface area contributed by atoms with Gasteiger partial charge in [0.25, 0.3) is 0 Å². The average molecular weight is 260 g/mol. The summed E-state index contributed by atoms with van der Waals surface area (Å²) in [5.41, 5.74) is -1.56. The molecule has 0 spiro atoms. The van der Waals surface area contributed by atoms with Gasteiger partial charge in [0, 0.05) is 6.42 Å². The number of carbonyl (C=O) groups is 1. The van der Waals surface area contributed by atoms with Crippen LogP contribution in [0, 0.1) is 5.41 Å². The fourth-order valence-corrected chi connectivity index (χ4v) is 1.20. The second-order valence-electron chi connectivity index (χ2n) is 4.49. The summed E-state index contributed by atoms with van der Waals surface area (Å²) in [6.45, 7) is 1.58. The molecule has 0 aliphatic rings. The lowest BCUT2D eigenvalue weighted by atomic mass is 9.93. The van der Waals surface area contributed by atoms with Gasteiger partial charge in [0.1, 0.15) is 0 Å². The molecule has 0 aromatic heterocycles. The normalized spacial score (nSPS) is 12.3. The van der Waals surface area contributed by atoms with E-state index in [9.17, 15) is 18.0 Å². The van der Waals surface area contributed by atoms with Crippen molar-refractivity contribution in [1.82, 2.24) is 0 Å². The number of alkyl halides is 3. The molecule has 0 heterocycles. The highest BCUT2D eigenvalue weighted by Gasteiger charge is 2.54. The van der Waals surface area contributed by atoms with Crippen LogP contribution >= 0.6 is 0 Å². The second kappa shape index (κ2) is 5.42. The van der Waals surface area contributed by atoms with E-state index in [4.69, 9.17) is 0 Å². The lowest BCUT2D eigenvalue weighted by Crippen LogP contribution is -2.41. The van der Waals surface area contributed by atoms with E-state index in [0.717, 1.165) is 19.4 Å². The maximum absolute atomic E-state index is 12.5. The smallest absolute Gasteiger partial charge is 0.404 e. The number of rotatable bonds is 4. The molecule has 1 aromatic rings. The topological polar surface area (TPSA) is 26.3 Å². The fourth-order valence-electron chi connectivity index (χ4n) is 1.20. The van der Waals surface area contributed by atoms with E-state index in [0.29, 0.717) is 6.42 Å². The maximum Gasteiger partial charge on any atom is 0.404 e. The third-order valence-corrected chi connectivity index (χ3v) is 2.69. The average Bonchev–Trinajstić information content (AvgIpc) is 2.28. The number of halogens is 3. The summed E-state index contributed by atoms with van der Waals surface area (Å²) in [5, 5.41) is 0. The van der Waals surface area contributed by atoms with Crippen LogP contribution in [0.15, 0.2) is 30.3 Å². The van der Waals surface area contributed by atoms with Crippen LogP contribution in [0.4, 0.5) is 13.2 Å². The molecule has 1 aromatic carbocycles. The molecule has 0 amide bonds. The van der Waals surface area contributed by atoms with Gasteiger partial charge >= 0.3 is 12.1 Å². The van der Waals surface area contributed by atoms with Crippen LogP contribution in [0.5, 0.6) is 0 Å². The molecule has 1 rings (SSSR count). The predicted molar refractivity (Wildman–Crippen MR) is 60.9 cm³/mol. The van der Waals surface area contributed by atoms with Crippen molar-refractivity contribution in [2.75, 3.05) is 6.61 Å². The zero-order valence-electron chi connectivity index (χ0n) is 10.3. The third-order valence-electron chi connectivity index (χ3n) is 2.69. The first-order chi connectivity index (χ1) is 8.25. The Morgan fingerprint density at radius 3 is 2.22 bits per heavy atom. The zero-order chi connectivity index (χ0) is 13.8. The van der Waals surface area contributed by atoms with E-state index in [1.54, 1.807) is 0 Å². The molecule has 0 saturated carbocycles. The molecule has 2 nitrogen and oxygen atoms in total. The van der Waals surface area contributed by atoms with Crippen molar-refractivity contribution in [2.45, 2.75) is 26.4 Å². The lowest BCUT2D eigenvalue weighted by Gasteiger charge is -2.25. The highest BCUT2D eigenvalue weighted by molar-refractivity contribution is 5.76. The summed E-state index contributed by atoms with van der Waals surface area (Å²) in [5.74, 6) is -1.24. The van der Waals surface area contributed by atoms with E-state index in [1.807, 2.05) is 30.3 Å². The molecular weight excluding hydrogens is 245 g/mol. The van der Waals surface area contributed by atoms with Gasteiger partial charge in [0.2, 0.25) is 0 Å². The van der Waals surface area contributed by atoms with E-state index in [1.165, 1.54) is 0 Å². The van der Waals surface area contributed by atoms with Gasteiger partial charge in [-0.3, -0.25) is 4.79 Å². The summed E-state index contributed by atoms with van der Waals surface area (Å²) in [6.07, 6.45) is -4.20. The Morgan fingerprint density at radius 2 is 1.72 bits per heavy atom. The molecule has 0 aliphatic carbocycles. The standard InChI is InChI=1S/C13H15F3O2/c1-12(2,13(14,15)16)11(17)18-9-8-10-6-4-3-5-7-10/h3-7H,8-9H2,1-2H3. The molecule has 0 saturated heterocycles. The largest absolute Gasteiger partial charge is 0.465 e. The summed E-state index contributed by atoms with van der Waals surface area (Å²) in [7, 11) is 0. The van der Waals surface area contributed by atoms with Crippen LogP contribution in [0.2, 0.25) is 0 Å². The van der Waals surface area contributed by atoms with Crippen molar-refractivity contribution in [3.63, 3.8) is 0 Å². The van der Waals surface area contributed by atoms with Crippen molar-refractivity contribution in [3.8, 4) is 0 Å². The van der Waals surface area contributed by atoms with Gasteiger partial charge in [0.15, 0.2) is 5.41 Å². The number of hydrogen-bond acceptors (Lipinski definition) is 2. The Balaban J connectivity index is 2.48. The van der Waals surface area contributed by atoms with Gasteiger partial charge < -0.3 is 4.74 Å². The number of carbonyl (C=O) groups excluding carboxylic acids is 1. The number of esters is 1. The minimum Gasteiger partial charge on any atom is -0.465 e. The first-order valence-electron chi connectivity index (χ1n) is 5.53. The fraction of sp³-hybridized carbons (Fsp3) is 0.462. The summed E-state index contributed by atoms with van der Waals surface area (Å²) >= 11 is 0. The second-order valence-corrected chi connectivity index (χ2v) is 4.49. The molecule has 0 aliphatic heterocycles. The van der Waals surface area contributed by atoms with Crippen LogP contribution in [0.3, 0.4) is 0 Å². The van der Waals surface area contributed by atoms with Crippen LogP contribution in [-0.2, 0) is 16.0 Å². The van der Waals surface area contributed by atoms with Crippen LogP contribution < -0.4 is 0 Å². The minimum absolute atomic E-state index is 0.0532. The molecule has 100 valence electrons. The Labute approximate surface area is 104 Å². The molecule has 0 bridgehead atoms. The van der Waals surface area contributed by atoms with E-state index in [-0.39, 0.29) is 6.61 Å².